The molecule has 0 aromatic heterocycles. The highest BCUT2D eigenvalue weighted by molar-refractivity contribution is 5.61. The van der Waals surface area contributed by atoms with Crippen LogP contribution in [-0.4, -0.2) is 0 Å². The molecule has 152 valence electrons. The van der Waals surface area contributed by atoms with Crippen molar-refractivity contribution in [1.82, 2.24) is 0 Å². The predicted molar refractivity (Wildman–Crippen MR) is 132 cm³/mol. The summed E-state index contributed by atoms with van der Waals surface area (Å²) in [4.78, 5) is 0. The van der Waals surface area contributed by atoms with Gasteiger partial charge < -0.3 is 0 Å². The monoisotopic (exact) mass is 392 g/mol. The Morgan fingerprint density at radius 1 is 0.400 bits per heavy atom. The first-order chi connectivity index (χ1) is 14.1. The molecule has 0 saturated heterocycles. The average molecular weight is 393 g/mol. The molecular weight excluding hydrogens is 360 g/mol. The first-order valence-corrected chi connectivity index (χ1v) is 10.1. The van der Waals surface area contributed by atoms with Gasteiger partial charge in [-0.25, -0.2) is 0 Å². The van der Waals surface area contributed by atoms with Crippen molar-refractivity contribution in [2.24, 2.45) is 0 Å². The lowest BCUT2D eigenvalue weighted by Crippen LogP contribution is -2.00. The van der Waals surface area contributed by atoms with Crippen LogP contribution in [0.1, 0.15) is 80.6 Å². The normalized spacial score (nSPS) is 9.07. The van der Waals surface area contributed by atoms with Crippen LogP contribution < -0.4 is 0 Å². The van der Waals surface area contributed by atoms with Gasteiger partial charge in [0.2, 0.25) is 0 Å². The van der Waals surface area contributed by atoms with Crippen LogP contribution in [0.2, 0.25) is 0 Å². The van der Waals surface area contributed by atoms with Gasteiger partial charge in [-0.3, -0.25) is 0 Å². The van der Waals surface area contributed by atoms with Crippen molar-refractivity contribution in [3.05, 3.63) is 66.8 Å². The fourth-order valence-electron chi connectivity index (χ4n) is 3.68. The van der Waals surface area contributed by atoms with Crippen molar-refractivity contribution in [3.8, 4) is 48.4 Å². The minimum absolute atomic E-state index is 0.985. The molecule has 2 aromatic rings. The standard InChI is InChI=1S/C16H18.C14H14/c1-7-9-15-11(3)13(5)16(10-8-2)14(6)12(15)4;1-7-13-9(3)11(5)14(8-2)12(6)10(13)4/h1-6H3;1-2H,3-6H3. The Balaban J connectivity index is 0.000000303. The van der Waals surface area contributed by atoms with E-state index in [-0.39, 0.29) is 0 Å². The van der Waals surface area contributed by atoms with Crippen LogP contribution in [0.3, 0.4) is 0 Å². The molecule has 2 aromatic carbocycles. The summed E-state index contributed by atoms with van der Waals surface area (Å²) in [5, 5.41) is 0. The van der Waals surface area contributed by atoms with E-state index in [4.69, 9.17) is 12.8 Å². The molecule has 0 saturated carbocycles. The molecule has 0 aliphatic rings. The minimum Gasteiger partial charge on any atom is -0.115 e. The summed E-state index contributed by atoms with van der Waals surface area (Å²) in [6, 6.07) is 0. The van der Waals surface area contributed by atoms with Crippen LogP contribution in [0, 0.1) is 104 Å². The zero-order chi connectivity index (χ0) is 23.2. The van der Waals surface area contributed by atoms with Crippen LogP contribution in [0.25, 0.3) is 0 Å². The lowest BCUT2D eigenvalue weighted by atomic mass is 9.89. The van der Waals surface area contributed by atoms with Gasteiger partial charge in [-0.15, -0.1) is 24.7 Å². The van der Waals surface area contributed by atoms with Crippen LogP contribution in [-0.2, 0) is 0 Å². The second-order valence-electron chi connectivity index (χ2n) is 7.54. The third-order valence-electron chi connectivity index (χ3n) is 6.04. The molecule has 0 aliphatic heterocycles. The smallest absolute Gasteiger partial charge is 0.0309 e. The van der Waals surface area contributed by atoms with E-state index in [1.165, 1.54) is 33.4 Å². The lowest BCUT2D eigenvalue weighted by Gasteiger charge is -2.14. The van der Waals surface area contributed by atoms with E-state index in [1.54, 1.807) is 0 Å². The quantitative estimate of drug-likeness (QED) is 0.446. The predicted octanol–water partition coefficient (Wildman–Crippen LogP) is 6.55. The molecule has 0 spiro atoms. The average Bonchev–Trinajstić information content (AvgIpc) is 2.73. The van der Waals surface area contributed by atoms with E-state index in [2.05, 4.69) is 63.2 Å². The van der Waals surface area contributed by atoms with Crippen LogP contribution in [0.5, 0.6) is 0 Å². The van der Waals surface area contributed by atoms with Crippen molar-refractivity contribution in [2.75, 3.05) is 0 Å². The zero-order valence-electron chi connectivity index (χ0n) is 20.2. The topological polar surface area (TPSA) is 0 Å². The largest absolute Gasteiger partial charge is 0.115 e. The molecule has 0 nitrogen and oxygen atoms in total. The molecule has 0 aliphatic carbocycles. The molecule has 30 heavy (non-hydrogen) atoms. The van der Waals surface area contributed by atoms with Crippen LogP contribution in [0.15, 0.2) is 0 Å². The first-order valence-electron chi connectivity index (χ1n) is 10.1. The Morgan fingerprint density at radius 3 is 0.767 bits per heavy atom. The number of rotatable bonds is 0. The van der Waals surface area contributed by atoms with Gasteiger partial charge in [-0.1, -0.05) is 23.7 Å². The Kier molecular flexibility index (Phi) is 8.61. The third kappa shape index (κ3) is 4.63. The fourth-order valence-corrected chi connectivity index (χ4v) is 3.68. The zero-order valence-corrected chi connectivity index (χ0v) is 20.2. The SMILES string of the molecule is C#Cc1c(C)c(C)c(C#C)c(C)c1C.CC#Cc1c(C)c(C)c(C#CC)c(C)c1C. The van der Waals surface area contributed by atoms with Crippen molar-refractivity contribution in [2.45, 2.75) is 69.2 Å². The summed E-state index contributed by atoms with van der Waals surface area (Å²) < 4.78 is 0. The maximum atomic E-state index is 5.48. The number of terminal acetylenes is 2. The van der Waals surface area contributed by atoms with E-state index >= 15 is 0 Å². The summed E-state index contributed by atoms with van der Waals surface area (Å²) in [6.07, 6.45) is 11.0. The Morgan fingerprint density at radius 2 is 0.600 bits per heavy atom. The molecule has 2 rings (SSSR count). The molecule has 0 radical (unpaired) electrons. The van der Waals surface area contributed by atoms with Gasteiger partial charge in [0, 0.05) is 22.3 Å². The molecule has 0 heteroatoms. The third-order valence-corrected chi connectivity index (χ3v) is 6.04. The Hall–Kier alpha value is -3.32. The van der Waals surface area contributed by atoms with Crippen molar-refractivity contribution < 1.29 is 0 Å². The molecular formula is C30H32. The lowest BCUT2D eigenvalue weighted by molar-refractivity contribution is 1.20. The van der Waals surface area contributed by atoms with E-state index in [1.807, 2.05) is 41.5 Å². The van der Waals surface area contributed by atoms with Crippen molar-refractivity contribution >= 4 is 0 Å². The van der Waals surface area contributed by atoms with Gasteiger partial charge in [0.25, 0.3) is 0 Å². The highest BCUT2D eigenvalue weighted by Gasteiger charge is 2.12. The van der Waals surface area contributed by atoms with Crippen LogP contribution >= 0.6 is 0 Å². The van der Waals surface area contributed by atoms with Gasteiger partial charge in [-0.2, -0.15) is 0 Å². The van der Waals surface area contributed by atoms with E-state index in [0.717, 1.165) is 33.4 Å². The molecule has 0 amide bonds. The highest BCUT2D eigenvalue weighted by Crippen LogP contribution is 2.26. The molecule has 0 bridgehead atoms. The highest BCUT2D eigenvalue weighted by atomic mass is 14.2. The van der Waals surface area contributed by atoms with Crippen molar-refractivity contribution in [3.63, 3.8) is 0 Å². The van der Waals surface area contributed by atoms with E-state index < -0.39 is 0 Å². The summed E-state index contributed by atoms with van der Waals surface area (Å²) in [6.45, 7) is 20.4. The maximum absolute atomic E-state index is 5.48. The minimum atomic E-state index is 0.985. The van der Waals surface area contributed by atoms with Crippen molar-refractivity contribution in [1.29, 1.82) is 0 Å². The Labute approximate surface area is 184 Å². The molecule has 0 unspecified atom stereocenters. The summed E-state index contributed by atoms with van der Waals surface area (Å²) in [7, 11) is 0. The number of hydrogen-bond donors (Lipinski definition) is 0. The van der Waals surface area contributed by atoms with E-state index in [9.17, 15) is 0 Å². The van der Waals surface area contributed by atoms with Gasteiger partial charge in [0.15, 0.2) is 0 Å². The second kappa shape index (κ2) is 10.5. The van der Waals surface area contributed by atoms with Gasteiger partial charge in [-0.05, 0) is 114 Å². The van der Waals surface area contributed by atoms with Gasteiger partial charge in [0.05, 0.1) is 0 Å². The number of hydrogen-bond acceptors (Lipinski definition) is 0. The molecule has 0 N–H and O–H groups in total. The molecule has 0 heterocycles. The molecule has 0 atom stereocenters. The second-order valence-corrected chi connectivity index (χ2v) is 7.54. The first kappa shape index (κ1) is 24.7. The van der Waals surface area contributed by atoms with Gasteiger partial charge in [0.1, 0.15) is 0 Å². The fraction of sp³-hybridized carbons (Fsp3) is 0.333. The van der Waals surface area contributed by atoms with E-state index in [0.29, 0.717) is 0 Å². The molecule has 0 fully saturated rings. The van der Waals surface area contributed by atoms with Gasteiger partial charge >= 0.3 is 0 Å². The van der Waals surface area contributed by atoms with Crippen LogP contribution in [0.4, 0.5) is 0 Å². The Bertz CT molecular complexity index is 1040. The summed E-state index contributed by atoms with van der Waals surface area (Å²) >= 11 is 0. The maximum Gasteiger partial charge on any atom is 0.0309 e. The number of benzene rings is 2. The summed E-state index contributed by atoms with van der Waals surface area (Å²) in [5.41, 5.74) is 13.9. The summed E-state index contributed by atoms with van der Waals surface area (Å²) in [5.74, 6) is 17.8.